The third-order valence-electron chi connectivity index (χ3n) is 3.27. The minimum absolute atomic E-state index is 0.0537. The number of rotatable bonds is 5. The Balaban J connectivity index is 2.15. The van der Waals surface area contributed by atoms with Crippen LogP contribution in [0.2, 0.25) is 0 Å². The lowest BCUT2D eigenvalue weighted by Crippen LogP contribution is -2.34. The maximum Gasteiger partial charge on any atom is 0.320 e. The van der Waals surface area contributed by atoms with Crippen LogP contribution in [0.25, 0.3) is 0 Å². The van der Waals surface area contributed by atoms with Crippen LogP contribution in [-0.4, -0.2) is 30.8 Å². The summed E-state index contributed by atoms with van der Waals surface area (Å²) < 4.78 is 5.45. The molecule has 0 fully saturated rings. The van der Waals surface area contributed by atoms with Crippen molar-refractivity contribution >= 4 is 5.97 Å². The van der Waals surface area contributed by atoms with E-state index < -0.39 is 12.0 Å². The molecule has 5 nitrogen and oxygen atoms in total. The number of carbonyl (C=O) groups is 1. The van der Waals surface area contributed by atoms with Gasteiger partial charge in [-0.1, -0.05) is 12.1 Å². The van der Waals surface area contributed by atoms with Crippen molar-refractivity contribution in [3.8, 4) is 5.75 Å². The highest BCUT2D eigenvalue weighted by molar-refractivity contribution is 5.73. The molecule has 0 aliphatic carbocycles. The van der Waals surface area contributed by atoms with E-state index in [0.717, 1.165) is 24.3 Å². The number of ether oxygens (including phenoxy) is 1. The molecule has 1 aromatic carbocycles. The zero-order valence-electron chi connectivity index (χ0n) is 10.3. The van der Waals surface area contributed by atoms with Gasteiger partial charge < -0.3 is 20.9 Å². The molecular weight excluding hydrogens is 232 g/mol. The molecule has 0 aromatic heterocycles. The number of carboxylic acids is 1. The van der Waals surface area contributed by atoms with Gasteiger partial charge in [0.05, 0.1) is 6.61 Å². The molecule has 0 bridgehead atoms. The Kier molecular flexibility index (Phi) is 3.84. The van der Waals surface area contributed by atoms with Crippen LogP contribution in [0.3, 0.4) is 0 Å². The first-order chi connectivity index (χ1) is 8.61. The highest BCUT2D eigenvalue weighted by Crippen LogP contribution is 2.29. The SMILES string of the molecule is CNC(CC(N)C(=O)O)c1ccc2c(c1)CCO2. The number of hydrogen-bond donors (Lipinski definition) is 3. The van der Waals surface area contributed by atoms with Crippen molar-refractivity contribution in [1.29, 1.82) is 0 Å². The minimum atomic E-state index is -0.972. The molecule has 1 aliphatic rings. The molecule has 18 heavy (non-hydrogen) atoms. The van der Waals surface area contributed by atoms with Gasteiger partial charge in [0.2, 0.25) is 0 Å². The minimum Gasteiger partial charge on any atom is -0.493 e. The monoisotopic (exact) mass is 250 g/mol. The Morgan fingerprint density at radius 2 is 2.39 bits per heavy atom. The fraction of sp³-hybridized carbons (Fsp3) is 0.462. The van der Waals surface area contributed by atoms with Crippen molar-refractivity contribution in [2.45, 2.75) is 24.9 Å². The average Bonchev–Trinajstić information content (AvgIpc) is 2.82. The van der Waals surface area contributed by atoms with Gasteiger partial charge in [0.25, 0.3) is 0 Å². The maximum atomic E-state index is 10.8. The zero-order chi connectivity index (χ0) is 13.1. The standard InChI is InChI=1S/C13H18N2O3/c1-15-11(7-10(14)13(16)17)8-2-3-12-9(6-8)4-5-18-12/h2-3,6,10-11,15H,4-5,7,14H2,1H3,(H,16,17). The summed E-state index contributed by atoms with van der Waals surface area (Å²) in [5.41, 5.74) is 7.81. The topological polar surface area (TPSA) is 84.6 Å². The van der Waals surface area contributed by atoms with Gasteiger partial charge >= 0.3 is 5.97 Å². The van der Waals surface area contributed by atoms with Crippen LogP contribution >= 0.6 is 0 Å². The molecule has 1 heterocycles. The summed E-state index contributed by atoms with van der Waals surface area (Å²) in [4.78, 5) is 10.8. The van der Waals surface area contributed by atoms with Crippen molar-refractivity contribution in [3.05, 3.63) is 29.3 Å². The van der Waals surface area contributed by atoms with Crippen LogP contribution in [0.1, 0.15) is 23.6 Å². The first-order valence-corrected chi connectivity index (χ1v) is 6.03. The first kappa shape index (κ1) is 12.9. The van der Waals surface area contributed by atoms with Gasteiger partial charge in [0, 0.05) is 12.5 Å². The second-order valence-electron chi connectivity index (χ2n) is 4.49. The maximum absolute atomic E-state index is 10.8. The molecule has 1 aliphatic heterocycles. The zero-order valence-corrected chi connectivity index (χ0v) is 10.3. The summed E-state index contributed by atoms with van der Waals surface area (Å²) in [5, 5.41) is 12.0. The van der Waals surface area contributed by atoms with Crippen molar-refractivity contribution in [2.24, 2.45) is 5.73 Å². The third-order valence-corrected chi connectivity index (χ3v) is 3.27. The van der Waals surface area contributed by atoms with Gasteiger partial charge in [-0.2, -0.15) is 0 Å². The second-order valence-corrected chi connectivity index (χ2v) is 4.49. The Hall–Kier alpha value is -1.59. The number of hydrogen-bond acceptors (Lipinski definition) is 4. The largest absolute Gasteiger partial charge is 0.493 e. The molecule has 0 radical (unpaired) electrons. The Morgan fingerprint density at radius 1 is 1.61 bits per heavy atom. The van der Waals surface area contributed by atoms with E-state index in [9.17, 15) is 4.79 Å². The molecule has 1 aromatic rings. The predicted octanol–water partition coefficient (Wildman–Crippen LogP) is 0.684. The van der Waals surface area contributed by atoms with Crippen molar-refractivity contribution in [3.63, 3.8) is 0 Å². The van der Waals surface area contributed by atoms with E-state index in [1.807, 2.05) is 19.2 Å². The van der Waals surface area contributed by atoms with Crippen LogP contribution in [0.5, 0.6) is 5.75 Å². The van der Waals surface area contributed by atoms with E-state index in [4.69, 9.17) is 15.6 Å². The van der Waals surface area contributed by atoms with Crippen LogP contribution in [0.15, 0.2) is 18.2 Å². The number of benzene rings is 1. The lowest BCUT2D eigenvalue weighted by atomic mass is 9.97. The summed E-state index contributed by atoms with van der Waals surface area (Å²) >= 11 is 0. The van der Waals surface area contributed by atoms with Gasteiger partial charge in [-0.3, -0.25) is 4.79 Å². The molecule has 2 atom stereocenters. The molecule has 0 saturated carbocycles. The van der Waals surface area contributed by atoms with Gasteiger partial charge in [0.15, 0.2) is 0 Å². The van der Waals surface area contributed by atoms with Gasteiger partial charge in [-0.05, 0) is 30.7 Å². The summed E-state index contributed by atoms with van der Waals surface area (Å²) in [6.45, 7) is 0.720. The van der Waals surface area contributed by atoms with Gasteiger partial charge in [0.1, 0.15) is 11.8 Å². The molecule has 98 valence electrons. The fourth-order valence-corrected chi connectivity index (χ4v) is 2.20. The molecule has 0 spiro atoms. The van der Waals surface area contributed by atoms with E-state index >= 15 is 0 Å². The number of carboxylic acid groups (broad SMARTS) is 1. The predicted molar refractivity (Wildman–Crippen MR) is 67.7 cm³/mol. The van der Waals surface area contributed by atoms with E-state index in [0.29, 0.717) is 6.42 Å². The highest BCUT2D eigenvalue weighted by atomic mass is 16.5. The molecular formula is C13H18N2O3. The second kappa shape index (κ2) is 5.37. The van der Waals surface area contributed by atoms with Gasteiger partial charge in [-0.15, -0.1) is 0 Å². The smallest absolute Gasteiger partial charge is 0.320 e. The molecule has 2 unspecified atom stereocenters. The molecule has 2 rings (SSSR count). The lowest BCUT2D eigenvalue weighted by molar-refractivity contribution is -0.138. The van der Waals surface area contributed by atoms with E-state index in [2.05, 4.69) is 11.4 Å². The average molecular weight is 250 g/mol. The van der Waals surface area contributed by atoms with Crippen molar-refractivity contribution < 1.29 is 14.6 Å². The van der Waals surface area contributed by atoms with Gasteiger partial charge in [-0.25, -0.2) is 0 Å². The van der Waals surface area contributed by atoms with Crippen LogP contribution in [0, 0.1) is 0 Å². The van der Waals surface area contributed by atoms with E-state index in [-0.39, 0.29) is 6.04 Å². The fourth-order valence-electron chi connectivity index (χ4n) is 2.20. The van der Waals surface area contributed by atoms with Crippen molar-refractivity contribution in [2.75, 3.05) is 13.7 Å². The quantitative estimate of drug-likeness (QED) is 0.715. The first-order valence-electron chi connectivity index (χ1n) is 6.03. The Bertz CT molecular complexity index is 448. The van der Waals surface area contributed by atoms with Crippen molar-refractivity contribution in [1.82, 2.24) is 5.32 Å². The highest BCUT2D eigenvalue weighted by Gasteiger charge is 2.21. The van der Waals surface area contributed by atoms with Crippen LogP contribution < -0.4 is 15.8 Å². The summed E-state index contributed by atoms with van der Waals surface area (Å²) in [6, 6.07) is 5.06. The molecule has 5 heteroatoms. The Morgan fingerprint density at radius 3 is 3.06 bits per heavy atom. The lowest BCUT2D eigenvalue weighted by Gasteiger charge is -2.19. The molecule has 0 saturated heterocycles. The van der Waals surface area contributed by atoms with Crippen LogP contribution in [0.4, 0.5) is 0 Å². The third kappa shape index (κ3) is 2.63. The Labute approximate surface area is 106 Å². The number of aliphatic carboxylic acids is 1. The molecule has 4 N–H and O–H groups in total. The normalized spacial score (nSPS) is 16.8. The van der Waals surface area contributed by atoms with E-state index in [1.165, 1.54) is 5.56 Å². The summed E-state index contributed by atoms with van der Waals surface area (Å²) in [5.74, 6) is -0.0455. The van der Waals surface area contributed by atoms with Crippen LogP contribution in [-0.2, 0) is 11.2 Å². The summed E-state index contributed by atoms with van der Waals surface area (Å²) in [7, 11) is 1.81. The number of fused-ring (bicyclic) bond motifs is 1. The number of nitrogens with two attached hydrogens (primary N) is 1. The molecule has 0 amide bonds. The van der Waals surface area contributed by atoms with E-state index in [1.54, 1.807) is 0 Å². The number of nitrogens with one attached hydrogen (secondary N) is 1. The summed E-state index contributed by atoms with van der Waals surface area (Å²) in [6.07, 6.45) is 1.27.